The zero-order valence-electron chi connectivity index (χ0n) is 12.4. The maximum absolute atomic E-state index is 12.4. The Balaban J connectivity index is 1.60. The molecule has 1 aromatic rings. The fraction of sp³-hybridized carbons (Fsp3) is 0.533. The highest BCUT2D eigenvalue weighted by atomic mass is 35.5. The Morgan fingerprint density at radius 1 is 1.04 bits per heavy atom. The van der Waals surface area contributed by atoms with E-state index in [4.69, 9.17) is 44.3 Å². The molecule has 2 fully saturated rings. The van der Waals surface area contributed by atoms with Gasteiger partial charge < -0.3 is 19.7 Å². The first-order valence-electron chi connectivity index (χ1n) is 7.47. The Morgan fingerprint density at radius 3 is 2.30 bits per heavy atom. The van der Waals surface area contributed by atoms with E-state index in [1.807, 2.05) is 0 Å². The molecule has 5 nitrogen and oxygen atoms in total. The van der Waals surface area contributed by atoms with E-state index >= 15 is 0 Å². The Morgan fingerprint density at radius 2 is 1.65 bits per heavy atom. The van der Waals surface area contributed by atoms with E-state index in [1.54, 1.807) is 11.0 Å². The van der Waals surface area contributed by atoms with Gasteiger partial charge in [0.05, 0.1) is 34.0 Å². The summed E-state index contributed by atoms with van der Waals surface area (Å²) in [5.41, 5.74) is 0.441. The van der Waals surface area contributed by atoms with E-state index in [-0.39, 0.29) is 6.03 Å². The molecular weight excluding hydrogens is 363 g/mol. The van der Waals surface area contributed by atoms with Crippen LogP contribution in [0, 0.1) is 0 Å². The number of anilines is 1. The first-order chi connectivity index (χ1) is 11.0. The van der Waals surface area contributed by atoms with Crippen molar-refractivity contribution >= 4 is 46.5 Å². The summed E-state index contributed by atoms with van der Waals surface area (Å²) in [6, 6.07) is 2.83. The molecule has 2 heterocycles. The molecule has 0 radical (unpaired) electrons. The third-order valence-corrected chi connectivity index (χ3v) is 5.12. The van der Waals surface area contributed by atoms with Gasteiger partial charge in [-0.25, -0.2) is 4.79 Å². The van der Waals surface area contributed by atoms with Crippen LogP contribution in [0.5, 0.6) is 0 Å². The molecule has 0 unspecified atom stereocenters. The van der Waals surface area contributed by atoms with Gasteiger partial charge in [0, 0.05) is 25.9 Å². The Hall–Kier alpha value is -0.720. The SMILES string of the molecule is O=C(Nc1cc(Cl)c(Cl)cc1Cl)N1CCC2(CC1)OCCCO2. The molecule has 2 aliphatic rings. The number of likely N-dealkylation sites (tertiary alicyclic amines) is 1. The molecule has 0 saturated carbocycles. The molecule has 2 saturated heterocycles. The summed E-state index contributed by atoms with van der Waals surface area (Å²) < 4.78 is 11.5. The Bertz CT molecular complexity index is 596. The van der Waals surface area contributed by atoms with Crippen molar-refractivity contribution in [2.24, 2.45) is 0 Å². The lowest BCUT2D eigenvalue weighted by atomic mass is 10.0. The minimum absolute atomic E-state index is 0.226. The van der Waals surface area contributed by atoms with Gasteiger partial charge in [-0.2, -0.15) is 0 Å². The fourth-order valence-electron chi connectivity index (χ4n) is 2.77. The quantitative estimate of drug-likeness (QED) is 0.735. The van der Waals surface area contributed by atoms with Crippen LogP contribution in [0.25, 0.3) is 0 Å². The predicted octanol–water partition coefficient (Wildman–Crippen LogP) is 4.41. The smallest absolute Gasteiger partial charge is 0.321 e. The highest BCUT2D eigenvalue weighted by Crippen LogP contribution is 2.34. The van der Waals surface area contributed by atoms with Crippen LogP contribution in [0.15, 0.2) is 12.1 Å². The normalized spacial score (nSPS) is 20.6. The Labute approximate surface area is 149 Å². The lowest BCUT2D eigenvalue weighted by Crippen LogP contribution is -2.52. The molecule has 8 heteroatoms. The lowest BCUT2D eigenvalue weighted by Gasteiger charge is -2.43. The average Bonchev–Trinajstić information content (AvgIpc) is 2.54. The van der Waals surface area contributed by atoms with Crippen molar-refractivity contribution in [3.63, 3.8) is 0 Å². The Kier molecular flexibility index (Phi) is 5.23. The number of halogens is 3. The van der Waals surface area contributed by atoms with E-state index in [2.05, 4.69) is 5.32 Å². The molecule has 1 spiro atoms. The van der Waals surface area contributed by atoms with Gasteiger partial charge in [-0.3, -0.25) is 0 Å². The maximum Gasteiger partial charge on any atom is 0.321 e. The minimum Gasteiger partial charge on any atom is -0.350 e. The summed E-state index contributed by atoms with van der Waals surface area (Å²) >= 11 is 17.9. The summed E-state index contributed by atoms with van der Waals surface area (Å²) in [7, 11) is 0. The van der Waals surface area contributed by atoms with Gasteiger partial charge in [0.1, 0.15) is 0 Å². The van der Waals surface area contributed by atoms with Gasteiger partial charge in [-0.15, -0.1) is 0 Å². The molecule has 0 atom stereocenters. The van der Waals surface area contributed by atoms with Gasteiger partial charge in [-0.1, -0.05) is 34.8 Å². The van der Waals surface area contributed by atoms with Crippen LogP contribution in [0.2, 0.25) is 15.1 Å². The number of carbonyl (C=O) groups is 1. The molecule has 23 heavy (non-hydrogen) atoms. The molecule has 1 aromatic carbocycles. The predicted molar refractivity (Wildman–Crippen MR) is 90.5 cm³/mol. The summed E-state index contributed by atoms with van der Waals surface area (Å²) in [6.07, 6.45) is 2.24. The maximum atomic E-state index is 12.4. The number of benzene rings is 1. The number of nitrogens with one attached hydrogen (secondary N) is 1. The van der Waals surface area contributed by atoms with Crippen LogP contribution in [0.1, 0.15) is 19.3 Å². The van der Waals surface area contributed by atoms with Gasteiger partial charge in [-0.05, 0) is 18.6 Å². The molecule has 2 aliphatic heterocycles. The topological polar surface area (TPSA) is 50.8 Å². The average molecular weight is 380 g/mol. The van der Waals surface area contributed by atoms with Crippen molar-refractivity contribution in [3.05, 3.63) is 27.2 Å². The highest BCUT2D eigenvalue weighted by molar-refractivity contribution is 6.44. The van der Waals surface area contributed by atoms with Crippen LogP contribution in [-0.2, 0) is 9.47 Å². The highest BCUT2D eigenvalue weighted by Gasteiger charge is 2.39. The van der Waals surface area contributed by atoms with Crippen LogP contribution in [0.4, 0.5) is 10.5 Å². The van der Waals surface area contributed by atoms with Crippen molar-refractivity contribution in [3.8, 4) is 0 Å². The monoisotopic (exact) mass is 378 g/mol. The fourth-order valence-corrected chi connectivity index (χ4v) is 3.36. The van der Waals surface area contributed by atoms with E-state index in [0.717, 1.165) is 6.42 Å². The molecular formula is C15H17Cl3N2O3. The summed E-state index contributed by atoms with van der Waals surface area (Å²) in [5, 5.41) is 3.81. The van der Waals surface area contributed by atoms with E-state index in [9.17, 15) is 4.79 Å². The molecule has 0 aliphatic carbocycles. The second kappa shape index (κ2) is 7.03. The van der Waals surface area contributed by atoms with E-state index in [0.29, 0.717) is 59.9 Å². The largest absolute Gasteiger partial charge is 0.350 e. The van der Waals surface area contributed by atoms with Gasteiger partial charge in [0.15, 0.2) is 5.79 Å². The zero-order chi connectivity index (χ0) is 16.4. The van der Waals surface area contributed by atoms with E-state index in [1.165, 1.54) is 6.07 Å². The second-order valence-corrected chi connectivity index (χ2v) is 6.85. The summed E-state index contributed by atoms with van der Waals surface area (Å²) in [5.74, 6) is -0.518. The number of piperidine rings is 1. The number of urea groups is 1. The molecule has 2 amide bonds. The minimum atomic E-state index is -0.518. The first-order valence-corrected chi connectivity index (χ1v) is 8.61. The van der Waals surface area contributed by atoms with Crippen LogP contribution < -0.4 is 5.32 Å². The lowest BCUT2D eigenvalue weighted by molar-refractivity contribution is -0.281. The van der Waals surface area contributed by atoms with Crippen molar-refractivity contribution in [1.82, 2.24) is 4.90 Å². The number of rotatable bonds is 1. The second-order valence-electron chi connectivity index (χ2n) is 5.62. The van der Waals surface area contributed by atoms with Crippen LogP contribution in [0.3, 0.4) is 0 Å². The number of hydrogen-bond donors (Lipinski definition) is 1. The molecule has 1 N–H and O–H groups in total. The number of hydrogen-bond acceptors (Lipinski definition) is 3. The van der Waals surface area contributed by atoms with Gasteiger partial charge in [0.25, 0.3) is 0 Å². The zero-order valence-corrected chi connectivity index (χ0v) is 14.7. The number of nitrogens with zero attached hydrogens (tertiary/aromatic N) is 1. The van der Waals surface area contributed by atoms with Gasteiger partial charge >= 0.3 is 6.03 Å². The third-order valence-electron chi connectivity index (χ3n) is 4.08. The van der Waals surface area contributed by atoms with Crippen molar-refractivity contribution in [1.29, 1.82) is 0 Å². The van der Waals surface area contributed by atoms with E-state index < -0.39 is 5.79 Å². The molecule has 0 aromatic heterocycles. The number of amides is 2. The molecule has 126 valence electrons. The van der Waals surface area contributed by atoms with Crippen molar-refractivity contribution in [2.75, 3.05) is 31.6 Å². The number of carbonyl (C=O) groups excluding carboxylic acids is 1. The molecule has 3 rings (SSSR count). The first kappa shape index (κ1) is 17.1. The standard InChI is InChI=1S/C15H17Cl3N2O3/c16-10-8-12(18)13(9-11(10)17)19-14(21)20-4-2-15(3-5-20)22-6-1-7-23-15/h8-9H,1-7H2,(H,19,21). The third kappa shape index (κ3) is 3.86. The van der Waals surface area contributed by atoms with Crippen molar-refractivity contribution in [2.45, 2.75) is 25.0 Å². The van der Waals surface area contributed by atoms with Crippen molar-refractivity contribution < 1.29 is 14.3 Å². The van der Waals surface area contributed by atoms with Gasteiger partial charge in [0.2, 0.25) is 0 Å². The summed E-state index contributed by atoms with van der Waals surface area (Å²) in [4.78, 5) is 14.1. The molecule has 0 bridgehead atoms. The summed E-state index contributed by atoms with van der Waals surface area (Å²) in [6.45, 7) is 2.55. The van der Waals surface area contributed by atoms with Crippen LogP contribution >= 0.6 is 34.8 Å². The van der Waals surface area contributed by atoms with Crippen LogP contribution in [-0.4, -0.2) is 43.0 Å². The number of ether oxygens (including phenoxy) is 2.